The molecule has 0 radical (unpaired) electrons. The summed E-state index contributed by atoms with van der Waals surface area (Å²) in [6, 6.07) is 1.41. The molecule has 0 aromatic carbocycles. The zero-order chi connectivity index (χ0) is 10.7. The lowest BCUT2D eigenvalue weighted by Gasteiger charge is -2.36. The summed E-state index contributed by atoms with van der Waals surface area (Å²) in [4.78, 5) is 2.60. The lowest BCUT2D eigenvalue weighted by molar-refractivity contribution is 0.0159. The molecule has 0 bridgehead atoms. The molecule has 3 heteroatoms. The number of likely N-dealkylation sites (tertiary alicyclic amines) is 1. The molecule has 3 nitrogen and oxygen atoms in total. The van der Waals surface area contributed by atoms with Crippen molar-refractivity contribution in [2.75, 3.05) is 26.7 Å². The van der Waals surface area contributed by atoms with E-state index in [0.717, 1.165) is 6.54 Å². The van der Waals surface area contributed by atoms with Gasteiger partial charge in [0.25, 0.3) is 0 Å². The van der Waals surface area contributed by atoms with Crippen LogP contribution >= 0.6 is 0 Å². The van der Waals surface area contributed by atoms with Crippen LogP contribution < -0.4 is 5.32 Å². The van der Waals surface area contributed by atoms with Gasteiger partial charge in [-0.25, -0.2) is 0 Å². The Balaban J connectivity index is 1.57. The molecular formula is C12H24N2O. The molecule has 15 heavy (non-hydrogen) atoms. The summed E-state index contributed by atoms with van der Waals surface area (Å²) in [5.41, 5.74) is 0. The summed E-state index contributed by atoms with van der Waals surface area (Å²) in [6.07, 6.45) is 5.69. The monoisotopic (exact) mass is 212 g/mol. The number of ether oxygens (including phenoxy) is 1. The molecule has 0 aromatic rings. The largest absolute Gasteiger partial charge is 0.381 e. The SMILES string of the molecule is COC1CC(NCC(C)N2CCCC2)C1. The minimum absolute atomic E-state index is 0.518. The first-order chi connectivity index (χ1) is 7.29. The third-order valence-corrected chi connectivity index (χ3v) is 3.89. The van der Waals surface area contributed by atoms with Gasteiger partial charge in [0.15, 0.2) is 0 Å². The molecular weight excluding hydrogens is 188 g/mol. The van der Waals surface area contributed by atoms with Gasteiger partial charge < -0.3 is 10.1 Å². The molecule has 2 fully saturated rings. The molecule has 2 rings (SSSR count). The van der Waals surface area contributed by atoms with Crippen LogP contribution in [-0.4, -0.2) is 49.8 Å². The van der Waals surface area contributed by atoms with Crippen molar-refractivity contribution in [3.05, 3.63) is 0 Å². The highest BCUT2D eigenvalue weighted by Crippen LogP contribution is 2.22. The Kier molecular flexibility index (Phi) is 4.00. The van der Waals surface area contributed by atoms with E-state index in [9.17, 15) is 0 Å². The lowest BCUT2D eigenvalue weighted by atomic mass is 9.89. The average molecular weight is 212 g/mol. The minimum Gasteiger partial charge on any atom is -0.381 e. The fourth-order valence-corrected chi connectivity index (χ4v) is 2.57. The maximum absolute atomic E-state index is 5.27. The van der Waals surface area contributed by atoms with Crippen LogP contribution in [0.15, 0.2) is 0 Å². The second-order valence-electron chi connectivity index (χ2n) is 5.03. The Morgan fingerprint density at radius 1 is 1.33 bits per heavy atom. The number of nitrogens with one attached hydrogen (secondary N) is 1. The van der Waals surface area contributed by atoms with Crippen LogP contribution in [0.5, 0.6) is 0 Å². The molecule has 1 aliphatic carbocycles. The zero-order valence-corrected chi connectivity index (χ0v) is 10.0. The Morgan fingerprint density at radius 3 is 2.60 bits per heavy atom. The lowest BCUT2D eigenvalue weighted by Crippen LogP contribution is -2.49. The highest BCUT2D eigenvalue weighted by molar-refractivity contribution is 4.87. The van der Waals surface area contributed by atoms with Crippen LogP contribution in [-0.2, 0) is 4.74 Å². The molecule has 0 aromatic heterocycles. The van der Waals surface area contributed by atoms with Crippen molar-refractivity contribution in [1.29, 1.82) is 0 Å². The number of hydrogen-bond donors (Lipinski definition) is 1. The van der Waals surface area contributed by atoms with Gasteiger partial charge in [-0.3, -0.25) is 4.90 Å². The van der Waals surface area contributed by atoms with Gasteiger partial charge in [0.05, 0.1) is 6.10 Å². The first-order valence-corrected chi connectivity index (χ1v) is 6.30. The molecule has 1 saturated carbocycles. The maximum atomic E-state index is 5.27. The summed E-state index contributed by atoms with van der Waals surface area (Å²) in [6.45, 7) is 6.08. The van der Waals surface area contributed by atoms with Gasteiger partial charge in [0.2, 0.25) is 0 Å². The third-order valence-electron chi connectivity index (χ3n) is 3.89. The van der Waals surface area contributed by atoms with Crippen molar-refractivity contribution in [2.45, 2.75) is 50.8 Å². The maximum Gasteiger partial charge on any atom is 0.0601 e. The van der Waals surface area contributed by atoms with Gasteiger partial charge >= 0.3 is 0 Å². The van der Waals surface area contributed by atoms with Crippen molar-refractivity contribution < 1.29 is 4.74 Å². The highest BCUT2D eigenvalue weighted by atomic mass is 16.5. The van der Waals surface area contributed by atoms with E-state index in [-0.39, 0.29) is 0 Å². The Bertz CT molecular complexity index is 186. The summed E-state index contributed by atoms with van der Waals surface area (Å²) >= 11 is 0. The summed E-state index contributed by atoms with van der Waals surface area (Å²) in [5, 5.41) is 3.64. The molecule has 0 amide bonds. The number of rotatable bonds is 5. The van der Waals surface area contributed by atoms with Crippen LogP contribution in [0.1, 0.15) is 32.6 Å². The van der Waals surface area contributed by atoms with Crippen molar-refractivity contribution in [3.8, 4) is 0 Å². The zero-order valence-electron chi connectivity index (χ0n) is 10.0. The summed E-state index contributed by atoms with van der Waals surface area (Å²) in [5.74, 6) is 0. The second-order valence-corrected chi connectivity index (χ2v) is 5.03. The van der Waals surface area contributed by atoms with Crippen molar-refractivity contribution in [1.82, 2.24) is 10.2 Å². The Hall–Kier alpha value is -0.120. The average Bonchev–Trinajstić information content (AvgIpc) is 2.68. The quantitative estimate of drug-likeness (QED) is 0.742. The minimum atomic E-state index is 0.518. The summed E-state index contributed by atoms with van der Waals surface area (Å²) in [7, 11) is 1.81. The van der Waals surface area contributed by atoms with Crippen molar-refractivity contribution in [3.63, 3.8) is 0 Å². The molecule has 0 spiro atoms. The van der Waals surface area contributed by atoms with Gasteiger partial charge in [-0.1, -0.05) is 0 Å². The standard InChI is InChI=1S/C12H24N2O/c1-10(14-5-3-4-6-14)9-13-11-7-12(8-11)15-2/h10-13H,3-9H2,1-2H3. The highest BCUT2D eigenvalue weighted by Gasteiger charge is 2.29. The fraction of sp³-hybridized carbons (Fsp3) is 1.00. The normalized spacial score (nSPS) is 34.0. The first-order valence-electron chi connectivity index (χ1n) is 6.30. The van der Waals surface area contributed by atoms with E-state index < -0.39 is 0 Å². The molecule has 88 valence electrons. The topological polar surface area (TPSA) is 24.5 Å². The van der Waals surface area contributed by atoms with Gasteiger partial charge in [0, 0.05) is 25.7 Å². The summed E-state index contributed by atoms with van der Waals surface area (Å²) < 4.78 is 5.27. The molecule has 1 aliphatic heterocycles. The van der Waals surface area contributed by atoms with Crippen LogP contribution in [0.25, 0.3) is 0 Å². The van der Waals surface area contributed by atoms with E-state index in [2.05, 4.69) is 17.1 Å². The second kappa shape index (κ2) is 5.28. The first kappa shape index (κ1) is 11.4. The van der Waals surface area contributed by atoms with E-state index in [1.165, 1.54) is 38.8 Å². The van der Waals surface area contributed by atoms with Gasteiger partial charge in [-0.05, 0) is 45.7 Å². The van der Waals surface area contributed by atoms with Crippen LogP contribution in [0.3, 0.4) is 0 Å². The van der Waals surface area contributed by atoms with Crippen LogP contribution in [0.4, 0.5) is 0 Å². The number of hydrogen-bond acceptors (Lipinski definition) is 3. The number of nitrogens with zero attached hydrogens (tertiary/aromatic N) is 1. The van der Waals surface area contributed by atoms with Crippen LogP contribution in [0, 0.1) is 0 Å². The molecule has 1 unspecified atom stereocenters. The predicted octanol–water partition coefficient (Wildman–Crippen LogP) is 1.24. The van der Waals surface area contributed by atoms with Crippen molar-refractivity contribution >= 4 is 0 Å². The van der Waals surface area contributed by atoms with Crippen LogP contribution in [0.2, 0.25) is 0 Å². The predicted molar refractivity (Wildman–Crippen MR) is 62.1 cm³/mol. The van der Waals surface area contributed by atoms with E-state index in [4.69, 9.17) is 4.74 Å². The molecule has 1 saturated heterocycles. The fourth-order valence-electron chi connectivity index (χ4n) is 2.57. The van der Waals surface area contributed by atoms with E-state index >= 15 is 0 Å². The van der Waals surface area contributed by atoms with Crippen molar-refractivity contribution in [2.24, 2.45) is 0 Å². The molecule has 1 heterocycles. The molecule has 1 atom stereocenters. The van der Waals surface area contributed by atoms with E-state index in [1.54, 1.807) is 0 Å². The number of methoxy groups -OCH3 is 1. The van der Waals surface area contributed by atoms with E-state index in [1.807, 2.05) is 7.11 Å². The third kappa shape index (κ3) is 2.92. The molecule has 2 aliphatic rings. The van der Waals surface area contributed by atoms with E-state index in [0.29, 0.717) is 18.2 Å². The Morgan fingerprint density at radius 2 is 2.00 bits per heavy atom. The molecule has 1 N–H and O–H groups in total. The smallest absolute Gasteiger partial charge is 0.0601 e. The van der Waals surface area contributed by atoms with Gasteiger partial charge in [-0.2, -0.15) is 0 Å². The van der Waals surface area contributed by atoms with Gasteiger partial charge in [-0.15, -0.1) is 0 Å². The van der Waals surface area contributed by atoms with Gasteiger partial charge in [0.1, 0.15) is 0 Å². The Labute approximate surface area is 93.2 Å².